The number of hydrogen-bond donors (Lipinski definition) is 1. The Morgan fingerprint density at radius 3 is 2.71 bits per heavy atom. The smallest absolute Gasteiger partial charge is 0.230 e. The standard InChI is InChI=1S/C21H24N4O2S/c1-14-9-10-15(2)18(11-14)25-16(3)23-24-21(25)28-13-20(26)22-12-17-7-5-6-8-19(17)27-4/h5-11H,12-13H2,1-4H3,(H,22,26). The number of methoxy groups -OCH3 is 1. The van der Waals surface area contributed by atoms with Gasteiger partial charge in [0.15, 0.2) is 5.16 Å². The Kier molecular flexibility index (Phi) is 6.36. The number of rotatable bonds is 7. The number of carbonyl (C=O) groups excluding carboxylic acids is 1. The topological polar surface area (TPSA) is 69.0 Å². The second kappa shape index (κ2) is 8.93. The molecular formula is C21H24N4O2S. The third-order valence-electron chi connectivity index (χ3n) is 4.40. The van der Waals surface area contributed by atoms with Gasteiger partial charge in [0.05, 0.1) is 18.6 Å². The van der Waals surface area contributed by atoms with Crippen molar-refractivity contribution in [3.8, 4) is 11.4 Å². The van der Waals surface area contributed by atoms with E-state index in [-0.39, 0.29) is 11.7 Å². The number of nitrogens with one attached hydrogen (secondary N) is 1. The van der Waals surface area contributed by atoms with Gasteiger partial charge in [0, 0.05) is 12.1 Å². The zero-order valence-corrected chi connectivity index (χ0v) is 17.3. The summed E-state index contributed by atoms with van der Waals surface area (Å²) in [6, 6.07) is 13.9. The van der Waals surface area contributed by atoms with E-state index in [1.165, 1.54) is 17.3 Å². The van der Waals surface area contributed by atoms with Crippen molar-refractivity contribution >= 4 is 17.7 Å². The minimum Gasteiger partial charge on any atom is -0.496 e. The molecule has 0 radical (unpaired) electrons. The van der Waals surface area contributed by atoms with Crippen LogP contribution in [0.4, 0.5) is 0 Å². The van der Waals surface area contributed by atoms with Gasteiger partial charge < -0.3 is 10.1 Å². The molecule has 0 unspecified atom stereocenters. The first-order valence-corrected chi connectivity index (χ1v) is 9.99. The van der Waals surface area contributed by atoms with E-state index in [1.54, 1.807) is 7.11 Å². The number of aryl methyl sites for hydroxylation is 3. The molecule has 0 bridgehead atoms. The van der Waals surface area contributed by atoms with E-state index in [2.05, 4.69) is 47.6 Å². The molecule has 3 aromatic rings. The zero-order valence-electron chi connectivity index (χ0n) is 16.5. The third-order valence-corrected chi connectivity index (χ3v) is 5.33. The highest BCUT2D eigenvalue weighted by Gasteiger charge is 2.15. The largest absolute Gasteiger partial charge is 0.496 e. The van der Waals surface area contributed by atoms with Gasteiger partial charge in [0.2, 0.25) is 5.91 Å². The Hall–Kier alpha value is -2.80. The molecule has 1 heterocycles. The van der Waals surface area contributed by atoms with E-state index >= 15 is 0 Å². The SMILES string of the molecule is COc1ccccc1CNC(=O)CSc1nnc(C)n1-c1cc(C)ccc1C. The van der Waals surface area contributed by atoms with Crippen molar-refractivity contribution in [1.82, 2.24) is 20.1 Å². The first-order valence-electron chi connectivity index (χ1n) is 9.00. The molecule has 0 atom stereocenters. The molecule has 0 aliphatic carbocycles. The molecule has 7 heteroatoms. The second-order valence-electron chi connectivity index (χ2n) is 6.53. The summed E-state index contributed by atoms with van der Waals surface area (Å²) in [7, 11) is 1.62. The van der Waals surface area contributed by atoms with Crippen LogP contribution in [0, 0.1) is 20.8 Å². The monoisotopic (exact) mass is 396 g/mol. The van der Waals surface area contributed by atoms with Crippen LogP contribution in [0.3, 0.4) is 0 Å². The molecule has 0 saturated carbocycles. The molecule has 3 rings (SSSR count). The molecule has 6 nitrogen and oxygen atoms in total. The Morgan fingerprint density at radius 1 is 1.14 bits per heavy atom. The molecule has 1 amide bonds. The molecule has 0 aliphatic rings. The number of thioether (sulfide) groups is 1. The number of hydrogen-bond acceptors (Lipinski definition) is 5. The number of para-hydroxylation sites is 1. The van der Waals surface area contributed by atoms with Gasteiger partial charge in [-0.05, 0) is 44.0 Å². The van der Waals surface area contributed by atoms with Crippen molar-refractivity contribution < 1.29 is 9.53 Å². The number of benzene rings is 2. The van der Waals surface area contributed by atoms with E-state index in [9.17, 15) is 4.79 Å². The van der Waals surface area contributed by atoms with Crippen molar-refractivity contribution in [2.75, 3.05) is 12.9 Å². The van der Waals surface area contributed by atoms with Gasteiger partial charge >= 0.3 is 0 Å². The van der Waals surface area contributed by atoms with Crippen LogP contribution in [0.2, 0.25) is 0 Å². The zero-order chi connectivity index (χ0) is 20.1. The number of carbonyl (C=O) groups is 1. The van der Waals surface area contributed by atoms with E-state index < -0.39 is 0 Å². The molecule has 0 spiro atoms. The summed E-state index contributed by atoms with van der Waals surface area (Å²) in [5.41, 5.74) is 4.28. The predicted octanol–water partition coefficient (Wildman–Crippen LogP) is 3.61. The second-order valence-corrected chi connectivity index (χ2v) is 7.47. The van der Waals surface area contributed by atoms with Gasteiger partial charge in [-0.3, -0.25) is 9.36 Å². The molecule has 1 N–H and O–H groups in total. The number of nitrogens with zero attached hydrogens (tertiary/aromatic N) is 3. The molecule has 28 heavy (non-hydrogen) atoms. The van der Waals surface area contributed by atoms with Crippen LogP contribution < -0.4 is 10.1 Å². The van der Waals surface area contributed by atoms with Gasteiger partial charge in [0.25, 0.3) is 0 Å². The van der Waals surface area contributed by atoms with Crippen LogP contribution in [0.25, 0.3) is 5.69 Å². The molecular weight excluding hydrogens is 372 g/mol. The van der Waals surface area contributed by atoms with E-state index in [0.717, 1.165) is 28.4 Å². The van der Waals surface area contributed by atoms with Gasteiger partial charge in [-0.1, -0.05) is 42.1 Å². The van der Waals surface area contributed by atoms with Crippen LogP contribution in [0.5, 0.6) is 5.75 Å². The Balaban J connectivity index is 1.67. The summed E-state index contributed by atoms with van der Waals surface area (Å²) < 4.78 is 7.32. The van der Waals surface area contributed by atoms with Crippen molar-refractivity contribution in [3.05, 3.63) is 65.0 Å². The summed E-state index contributed by atoms with van der Waals surface area (Å²) in [5.74, 6) is 1.76. The highest BCUT2D eigenvalue weighted by Crippen LogP contribution is 2.25. The van der Waals surface area contributed by atoms with Crippen molar-refractivity contribution in [3.63, 3.8) is 0 Å². The molecule has 0 aliphatic heterocycles. The maximum atomic E-state index is 12.3. The summed E-state index contributed by atoms with van der Waals surface area (Å²) in [6.07, 6.45) is 0. The van der Waals surface area contributed by atoms with Crippen LogP contribution in [0.1, 0.15) is 22.5 Å². The molecule has 2 aromatic carbocycles. The average Bonchev–Trinajstić information content (AvgIpc) is 3.07. The van der Waals surface area contributed by atoms with Crippen LogP contribution >= 0.6 is 11.8 Å². The van der Waals surface area contributed by atoms with Crippen LogP contribution in [-0.2, 0) is 11.3 Å². The first kappa shape index (κ1) is 19.9. The normalized spacial score (nSPS) is 10.7. The van der Waals surface area contributed by atoms with Crippen molar-refractivity contribution in [2.24, 2.45) is 0 Å². The summed E-state index contributed by atoms with van der Waals surface area (Å²) >= 11 is 1.38. The summed E-state index contributed by atoms with van der Waals surface area (Å²) in [5, 5.41) is 12.1. The Bertz CT molecular complexity index is 984. The summed E-state index contributed by atoms with van der Waals surface area (Å²) in [6.45, 7) is 6.45. The number of aromatic nitrogens is 3. The minimum atomic E-state index is -0.0657. The van der Waals surface area contributed by atoms with Crippen LogP contribution in [0.15, 0.2) is 47.6 Å². The Morgan fingerprint density at radius 2 is 1.93 bits per heavy atom. The van der Waals surface area contributed by atoms with Crippen molar-refractivity contribution in [1.29, 1.82) is 0 Å². The van der Waals surface area contributed by atoms with Crippen LogP contribution in [-0.4, -0.2) is 33.5 Å². The highest BCUT2D eigenvalue weighted by atomic mass is 32.2. The maximum Gasteiger partial charge on any atom is 0.230 e. The lowest BCUT2D eigenvalue weighted by Gasteiger charge is -2.12. The van der Waals surface area contributed by atoms with Gasteiger partial charge in [-0.15, -0.1) is 10.2 Å². The molecule has 1 aromatic heterocycles. The average molecular weight is 397 g/mol. The van der Waals surface area contributed by atoms with E-state index in [0.29, 0.717) is 11.7 Å². The fourth-order valence-corrected chi connectivity index (χ4v) is 3.72. The highest BCUT2D eigenvalue weighted by molar-refractivity contribution is 7.99. The van der Waals surface area contributed by atoms with Gasteiger partial charge in [0.1, 0.15) is 11.6 Å². The van der Waals surface area contributed by atoms with Crippen molar-refractivity contribution in [2.45, 2.75) is 32.5 Å². The van der Waals surface area contributed by atoms with Gasteiger partial charge in [-0.2, -0.15) is 0 Å². The molecule has 146 valence electrons. The lowest BCUT2D eigenvalue weighted by Crippen LogP contribution is -2.25. The third kappa shape index (κ3) is 4.54. The number of amides is 1. The number of ether oxygens (including phenoxy) is 1. The maximum absolute atomic E-state index is 12.3. The lowest BCUT2D eigenvalue weighted by molar-refractivity contribution is -0.118. The molecule has 0 saturated heterocycles. The molecule has 0 fully saturated rings. The van der Waals surface area contributed by atoms with Gasteiger partial charge in [-0.25, -0.2) is 0 Å². The Labute approximate surface area is 169 Å². The fraction of sp³-hybridized carbons (Fsp3) is 0.286. The van der Waals surface area contributed by atoms with E-state index in [1.807, 2.05) is 35.8 Å². The minimum absolute atomic E-state index is 0.0657. The first-order chi connectivity index (χ1) is 13.5. The predicted molar refractivity (Wildman–Crippen MR) is 111 cm³/mol. The lowest BCUT2D eigenvalue weighted by atomic mass is 10.1. The summed E-state index contributed by atoms with van der Waals surface area (Å²) in [4.78, 5) is 12.3. The quantitative estimate of drug-likeness (QED) is 0.618. The van der Waals surface area contributed by atoms with E-state index in [4.69, 9.17) is 4.74 Å². The fourth-order valence-electron chi connectivity index (χ4n) is 2.90.